The number of carbonyl (C=O) groups excluding carboxylic acids is 1. The fraction of sp³-hybridized carbons (Fsp3) is 0.800. The molecule has 0 radical (unpaired) electrons. The Morgan fingerprint density at radius 2 is 2.25 bits per heavy atom. The van der Waals surface area contributed by atoms with Gasteiger partial charge in [-0.1, -0.05) is 0 Å². The van der Waals surface area contributed by atoms with Crippen molar-refractivity contribution in [1.82, 2.24) is 0 Å². The molecule has 3 heteroatoms. The number of esters is 1. The number of carbonyl (C=O) groups is 1. The zero-order valence-corrected chi connectivity index (χ0v) is 5.70. The van der Waals surface area contributed by atoms with Gasteiger partial charge >= 0.3 is 5.97 Å². The Labute approximate surface area is 52.6 Å². The minimum atomic E-state index is -0.0810. The third kappa shape index (κ3) is 0.968. The summed E-state index contributed by atoms with van der Waals surface area (Å²) in [5.74, 6) is -0.0810. The van der Waals surface area contributed by atoms with Crippen LogP contribution in [-0.2, 0) is 9.53 Å². The van der Waals surface area contributed by atoms with Gasteiger partial charge in [0.2, 0.25) is 0 Å². The molecule has 8 heavy (non-hydrogen) atoms. The number of hydrogen-bond acceptors (Lipinski definition) is 3. The Kier molecular flexibility index (Phi) is 1.47. The molecule has 2 unspecified atom stereocenters. The van der Waals surface area contributed by atoms with Gasteiger partial charge < -0.3 is 4.74 Å². The largest absolute Gasteiger partial charge is 0.451 e. The summed E-state index contributed by atoms with van der Waals surface area (Å²) in [6.07, 6.45) is 0. The summed E-state index contributed by atoms with van der Waals surface area (Å²) in [6, 6.07) is 0. The van der Waals surface area contributed by atoms with Crippen molar-refractivity contribution in [2.45, 2.75) is 24.5 Å². The smallest absolute Gasteiger partial charge is 0.320 e. The third-order valence-electron chi connectivity index (χ3n) is 1.01. The van der Waals surface area contributed by atoms with Gasteiger partial charge in [-0.15, -0.1) is 11.8 Å². The van der Waals surface area contributed by atoms with E-state index >= 15 is 0 Å². The summed E-state index contributed by atoms with van der Waals surface area (Å²) in [7, 11) is 0. The van der Waals surface area contributed by atoms with Gasteiger partial charge in [0.15, 0.2) is 0 Å². The van der Waals surface area contributed by atoms with E-state index in [1.165, 1.54) is 0 Å². The molecule has 0 aromatic carbocycles. The normalized spacial score (nSPS) is 37.5. The number of cyclic esters (lactones) is 1. The van der Waals surface area contributed by atoms with E-state index in [4.69, 9.17) is 4.74 Å². The zero-order valence-electron chi connectivity index (χ0n) is 4.88. The van der Waals surface area contributed by atoms with E-state index in [1.54, 1.807) is 11.8 Å². The van der Waals surface area contributed by atoms with Crippen molar-refractivity contribution >= 4 is 17.7 Å². The fourth-order valence-corrected chi connectivity index (χ4v) is 1.52. The van der Waals surface area contributed by atoms with Crippen molar-refractivity contribution < 1.29 is 9.53 Å². The first-order valence-corrected chi connectivity index (χ1v) is 3.50. The van der Waals surface area contributed by atoms with Crippen molar-refractivity contribution in [3.63, 3.8) is 0 Å². The summed E-state index contributed by atoms with van der Waals surface area (Å²) in [4.78, 5) is 10.5. The predicted octanol–water partition coefficient (Wildman–Crippen LogP) is 1.01. The molecule has 0 amide bonds. The summed E-state index contributed by atoms with van der Waals surface area (Å²) in [6.45, 7) is 3.74. The average Bonchev–Trinajstić information content (AvgIpc) is 1.85. The van der Waals surface area contributed by atoms with Crippen molar-refractivity contribution in [3.05, 3.63) is 0 Å². The van der Waals surface area contributed by atoms with Gasteiger partial charge in [0.1, 0.15) is 10.7 Å². The van der Waals surface area contributed by atoms with Crippen molar-refractivity contribution in [3.8, 4) is 0 Å². The van der Waals surface area contributed by atoms with E-state index in [-0.39, 0.29) is 16.7 Å². The molecule has 0 spiro atoms. The second-order valence-electron chi connectivity index (χ2n) is 1.78. The molecule has 1 rings (SSSR count). The lowest BCUT2D eigenvalue weighted by Gasteiger charge is -1.94. The molecule has 1 aliphatic rings. The van der Waals surface area contributed by atoms with E-state index in [0.717, 1.165) is 0 Å². The maximum Gasteiger partial charge on any atom is 0.320 e. The highest BCUT2D eigenvalue weighted by molar-refractivity contribution is 8.01. The summed E-state index contributed by atoms with van der Waals surface area (Å²) >= 11 is 1.56. The van der Waals surface area contributed by atoms with E-state index < -0.39 is 0 Å². The Hall–Kier alpha value is -0.180. The highest BCUT2D eigenvalue weighted by Crippen LogP contribution is 2.26. The number of thioether (sulfide) groups is 1. The Morgan fingerprint density at radius 3 is 2.38 bits per heavy atom. The van der Waals surface area contributed by atoms with Crippen LogP contribution in [0.3, 0.4) is 0 Å². The van der Waals surface area contributed by atoms with E-state index in [0.29, 0.717) is 0 Å². The van der Waals surface area contributed by atoms with Crippen LogP contribution in [-0.4, -0.2) is 16.7 Å². The fourth-order valence-electron chi connectivity index (χ4n) is 0.630. The minimum absolute atomic E-state index is 0.0463. The van der Waals surface area contributed by atoms with Crippen LogP contribution in [0.2, 0.25) is 0 Å². The molecule has 2 atom stereocenters. The zero-order chi connectivity index (χ0) is 6.15. The maximum atomic E-state index is 10.5. The maximum absolute atomic E-state index is 10.5. The quantitative estimate of drug-likeness (QED) is 0.460. The summed E-state index contributed by atoms with van der Waals surface area (Å²) in [5.41, 5.74) is 0.0671. The predicted molar refractivity (Wildman–Crippen MR) is 32.6 cm³/mol. The number of ether oxygens (including phenoxy) is 1. The Morgan fingerprint density at radius 1 is 1.62 bits per heavy atom. The van der Waals surface area contributed by atoms with Crippen LogP contribution in [0.15, 0.2) is 0 Å². The Bertz CT molecular complexity index is 113. The highest BCUT2D eigenvalue weighted by Gasteiger charge is 2.27. The van der Waals surface area contributed by atoms with Crippen molar-refractivity contribution in [2.24, 2.45) is 0 Å². The van der Waals surface area contributed by atoms with Crippen LogP contribution in [0.25, 0.3) is 0 Å². The van der Waals surface area contributed by atoms with Crippen molar-refractivity contribution in [2.75, 3.05) is 0 Å². The Balaban J connectivity index is 2.51. The molecule has 2 nitrogen and oxygen atoms in total. The molecule has 0 saturated carbocycles. The standard InChI is InChI=1S/C5H8O2S/c1-3-5(6)7-4(2)8-3/h3-4H,1-2H3. The van der Waals surface area contributed by atoms with Gasteiger partial charge in [-0.05, 0) is 13.8 Å². The highest BCUT2D eigenvalue weighted by atomic mass is 32.2. The minimum Gasteiger partial charge on any atom is -0.451 e. The molecule has 0 aromatic heterocycles. The number of hydrogen-bond donors (Lipinski definition) is 0. The SMILES string of the molecule is CC1OC(=O)C(C)S1. The molecule has 1 heterocycles. The second-order valence-corrected chi connectivity index (χ2v) is 3.43. The first-order chi connectivity index (χ1) is 3.70. The molecule has 0 N–H and O–H groups in total. The lowest BCUT2D eigenvalue weighted by Crippen LogP contribution is -2.06. The van der Waals surface area contributed by atoms with Gasteiger partial charge in [0.25, 0.3) is 0 Å². The van der Waals surface area contributed by atoms with Crippen LogP contribution in [0.4, 0.5) is 0 Å². The van der Waals surface area contributed by atoms with Crippen LogP contribution >= 0.6 is 11.8 Å². The van der Waals surface area contributed by atoms with Gasteiger partial charge in [-0.2, -0.15) is 0 Å². The third-order valence-corrected chi connectivity index (χ3v) is 2.09. The first kappa shape index (κ1) is 5.95. The monoisotopic (exact) mass is 132 g/mol. The first-order valence-electron chi connectivity index (χ1n) is 2.56. The molecule has 1 saturated heterocycles. The van der Waals surface area contributed by atoms with E-state index in [2.05, 4.69) is 0 Å². The van der Waals surface area contributed by atoms with Gasteiger partial charge in [0.05, 0.1) is 0 Å². The molecule has 0 aromatic rings. The van der Waals surface area contributed by atoms with Crippen LogP contribution < -0.4 is 0 Å². The number of rotatable bonds is 0. The molecule has 0 aliphatic carbocycles. The summed E-state index contributed by atoms with van der Waals surface area (Å²) < 4.78 is 4.80. The van der Waals surface area contributed by atoms with Crippen molar-refractivity contribution in [1.29, 1.82) is 0 Å². The van der Waals surface area contributed by atoms with Gasteiger partial charge in [-0.25, -0.2) is 0 Å². The van der Waals surface area contributed by atoms with Crippen LogP contribution in [0, 0.1) is 0 Å². The average molecular weight is 132 g/mol. The molecular formula is C5H8O2S. The molecule has 1 aliphatic heterocycles. The van der Waals surface area contributed by atoms with Gasteiger partial charge in [-0.3, -0.25) is 4.79 Å². The van der Waals surface area contributed by atoms with E-state index in [1.807, 2.05) is 13.8 Å². The molecule has 46 valence electrons. The molecule has 1 fully saturated rings. The topological polar surface area (TPSA) is 26.3 Å². The van der Waals surface area contributed by atoms with Crippen LogP contribution in [0.5, 0.6) is 0 Å². The molecular weight excluding hydrogens is 124 g/mol. The summed E-state index contributed by atoms with van der Waals surface area (Å²) in [5, 5.41) is 0.0463. The van der Waals surface area contributed by atoms with Crippen LogP contribution in [0.1, 0.15) is 13.8 Å². The lowest BCUT2D eigenvalue weighted by molar-refractivity contribution is -0.141. The second kappa shape index (κ2) is 1.97. The van der Waals surface area contributed by atoms with Gasteiger partial charge in [0, 0.05) is 0 Å². The van der Waals surface area contributed by atoms with E-state index in [9.17, 15) is 4.79 Å². The lowest BCUT2D eigenvalue weighted by atomic mass is 10.5. The molecule has 0 bridgehead atoms.